The van der Waals surface area contributed by atoms with E-state index in [9.17, 15) is 9.59 Å². The van der Waals surface area contributed by atoms with Crippen molar-refractivity contribution in [2.45, 2.75) is 0 Å². The molecule has 3 rings (SSSR count). The van der Waals surface area contributed by atoms with Gasteiger partial charge in [0.25, 0.3) is 5.91 Å². The van der Waals surface area contributed by atoms with Crippen molar-refractivity contribution in [1.82, 2.24) is 0 Å². The summed E-state index contributed by atoms with van der Waals surface area (Å²) < 4.78 is 4.79. The average molecular weight is 355 g/mol. The summed E-state index contributed by atoms with van der Waals surface area (Å²) in [5.74, 6) is 5.28. The maximum absolute atomic E-state index is 12.6. The van der Waals surface area contributed by atoms with Gasteiger partial charge in [-0.1, -0.05) is 54.3 Å². The van der Waals surface area contributed by atoms with Crippen LogP contribution in [0, 0.1) is 11.8 Å². The number of para-hydroxylation sites is 1. The number of nitrogens with one attached hydrogen (secondary N) is 1. The van der Waals surface area contributed by atoms with Crippen molar-refractivity contribution in [3.63, 3.8) is 0 Å². The first-order chi connectivity index (χ1) is 13.2. The molecule has 0 aliphatic rings. The molecule has 0 radical (unpaired) electrons. The average Bonchev–Trinajstić information content (AvgIpc) is 2.73. The molecule has 3 aromatic carbocycles. The molecule has 0 heterocycles. The van der Waals surface area contributed by atoms with Crippen LogP contribution in [-0.4, -0.2) is 19.0 Å². The Kier molecular flexibility index (Phi) is 5.66. The lowest BCUT2D eigenvalue weighted by molar-refractivity contribution is 0.0600. The molecule has 0 aliphatic carbocycles. The highest BCUT2D eigenvalue weighted by molar-refractivity contribution is 6.06. The van der Waals surface area contributed by atoms with Crippen molar-refractivity contribution < 1.29 is 14.3 Å². The number of anilines is 1. The van der Waals surface area contributed by atoms with Gasteiger partial charge in [0.1, 0.15) is 0 Å². The first-order valence-corrected chi connectivity index (χ1v) is 8.34. The van der Waals surface area contributed by atoms with Gasteiger partial charge in [-0.15, -0.1) is 0 Å². The summed E-state index contributed by atoms with van der Waals surface area (Å²) in [5, 5.41) is 2.85. The Bertz CT molecular complexity index is 1030. The Morgan fingerprint density at radius 3 is 1.89 bits per heavy atom. The number of carbonyl (C=O) groups excluding carboxylic acids is 2. The third-order valence-corrected chi connectivity index (χ3v) is 3.87. The molecule has 3 aromatic rings. The lowest BCUT2D eigenvalue weighted by Gasteiger charge is -2.07. The molecule has 0 fully saturated rings. The first-order valence-electron chi connectivity index (χ1n) is 8.34. The smallest absolute Gasteiger partial charge is 0.339 e. The molecule has 132 valence electrons. The number of hydrogen-bond donors (Lipinski definition) is 1. The summed E-state index contributed by atoms with van der Waals surface area (Å²) >= 11 is 0. The summed E-state index contributed by atoms with van der Waals surface area (Å²) in [5.41, 5.74) is 2.68. The van der Waals surface area contributed by atoms with Gasteiger partial charge in [-0.2, -0.15) is 0 Å². The van der Waals surface area contributed by atoms with Gasteiger partial charge in [0, 0.05) is 16.8 Å². The van der Waals surface area contributed by atoms with E-state index in [1.54, 1.807) is 42.5 Å². The van der Waals surface area contributed by atoms with Crippen LogP contribution < -0.4 is 5.32 Å². The molecule has 4 nitrogen and oxygen atoms in total. The highest BCUT2D eigenvalue weighted by Gasteiger charge is 2.11. The maximum atomic E-state index is 12.6. The van der Waals surface area contributed by atoms with E-state index >= 15 is 0 Å². The zero-order chi connectivity index (χ0) is 19.1. The van der Waals surface area contributed by atoms with Crippen molar-refractivity contribution in [1.29, 1.82) is 0 Å². The van der Waals surface area contributed by atoms with Crippen molar-refractivity contribution in [2.24, 2.45) is 0 Å². The molecule has 0 bridgehead atoms. The second-order valence-corrected chi connectivity index (χ2v) is 5.65. The van der Waals surface area contributed by atoms with Crippen LogP contribution >= 0.6 is 0 Å². The standard InChI is InChI=1S/C23H17NO3/c1-27-23(26)21-14-8-6-10-18(21)16-15-17-9-5-7-13-20(17)22(25)24-19-11-3-2-4-12-19/h2-14H,1H3,(H,24,25). The number of methoxy groups -OCH3 is 1. The lowest BCUT2D eigenvalue weighted by Crippen LogP contribution is -2.13. The minimum absolute atomic E-state index is 0.243. The molecule has 0 spiro atoms. The van der Waals surface area contributed by atoms with Crippen LogP contribution in [0.3, 0.4) is 0 Å². The third-order valence-electron chi connectivity index (χ3n) is 3.87. The Hall–Kier alpha value is -3.84. The van der Waals surface area contributed by atoms with E-state index in [-0.39, 0.29) is 5.91 Å². The van der Waals surface area contributed by atoms with Crippen LogP contribution in [0.25, 0.3) is 0 Å². The second-order valence-electron chi connectivity index (χ2n) is 5.65. The van der Waals surface area contributed by atoms with Gasteiger partial charge in [0.15, 0.2) is 0 Å². The molecular formula is C23H17NO3. The van der Waals surface area contributed by atoms with Gasteiger partial charge in [-0.25, -0.2) is 4.79 Å². The van der Waals surface area contributed by atoms with E-state index in [0.29, 0.717) is 27.9 Å². The molecule has 0 atom stereocenters. The second kappa shape index (κ2) is 8.50. The minimum Gasteiger partial charge on any atom is -0.465 e. The van der Waals surface area contributed by atoms with Crippen LogP contribution in [0.1, 0.15) is 31.8 Å². The topological polar surface area (TPSA) is 55.4 Å². The van der Waals surface area contributed by atoms with Gasteiger partial charge >= 0.3 is 5.97 Å². The zero-order valence-electron chi connectivity index (χ0n) is 14.7. The van der Waals surface area contributed by atoms with E-state index < -0.39 is 5.97 Å². The number of ether oxygens (including phenoxy) is 1. The molecule has 0 unspecified atom stereocenters. The summed E-state index contributed by atoms with van der Waals surface area (Å²) in [6.07, 6.45) is 0. The molecule has 1 amide bonds. The summed E-state index contributed by atoms with van der Waals surface area (Å²) in [6.45, 7) is 0. The monoisotopic (exact) mass is 355 g/mol. The summed E-state index contributed by atoms with van der Waals surface area (Å²) in [7, 11) is 1.33. The van der Waals surface area contributed by atoms with E-state index in [2.05, 4.69) is 17.2 Å². The highest BCUT2D eigenvalue weighted by atomic mass is 16.5. The van der Waals surface area contributed by atoms with Crippen LogP contribution in [-0.2, 0) is 4.74 Å². The van der Waals surface area contributed by atoms with Crippen molar-refractivity contribution in [2.75, 3.05) is 12.4 Å². The number of carbonyl (C=O) groups is 2. The molecule has 0 saturated carbocycles. The highest BCUT2D eigenvalue weighted by Crippen LogP contribution is 2.13. The maximum Gasteiger partial charge on any atom is 0.339 e. The van der Waals surface area contributed by atoms with Gasteiger partial charge < -0.3 is 10.1 Å². The van der Waals surface area contributed by atoms with E-state index in [0.717, 1.165) is 0 Å². The predicted molar refractivity (Wildman–Crippen MR) is 105 cm³/mol. The largest absolute Gasteiger partial charge is 0.465 e. The zero-order valence-corrected chi connectivity index (χ0v) is 14.7. The normalized spacial score (nSPS) is 9.67. The van der Waals surface area contributed by atoms with E-state index in [1.807, 2.05) is 36.4 Å². The number of benzene rings is 3. The van der Waals surface area contributed by atoms with Crippen molar-refractivity contribution in [3.05, 3.63) is 101 Å². The van der Waals surface area contributed by atoms with Gasteiger partial charge in [0.05, 0.1) is 18.2 Å². The lowest BCUT2D eigenvalue weighted by atomic mass is 10.0. The van der Waals surface area contributed by atoms with Gasteiger partial charge in [0.2, 0.25) is 0 Å². The first kappa shape index (κ1) is 18.0. The number of amides is 1. The molecular weight excluding hydrogens is 338 g/mol. The molecule has 4 heteroatoms. The van der Waals surface area contributed by atoms with E-state index in [1.165, 1.54) is 7.11 Å². The number of hydrogen-bond acceptors (Lipinski definition) is 3. The fraction of sp³-hybridized carbons (Fsp3) is 0.0435. The minimum atomic E-state index is -0.449. The third kappa shape index (κ3) is 4.42. The van der Waals surface area contributed by atoms with E-state index in [4.69, 9.17) is 4.74 Å². The Morgan fingerprint density at radius 2 is 1.26 bits per heavy atom. The fourth-order valence-corrected chi connectivity index (χ4v) is 2.52. The van der Waals surface area contributed by atoms with Gasteiger partial charge in [-0.3, -0.25) is 4.79 Å². The fourth-order valence-electron chi connectivity index (χ4n) is 2.52. The van der Waals surface area contributed by atoms with Crippen molar-refractivity contribution >= 4 is 17.6 Å². The molecule has 27 heavy (non-hydrogen) atoms. The Labute approximate surface area is 157 Å². The molecule has 0 saturated heterocycles. The molecule has 1 N–H and O–H groups in total. The molecule has 0 aromatic heterocycles. The molecule has 0 aliphatic heterocycles. The van der Waals surface area contributed by atoms with Gasteiger partial charge in [-0.05, 0) is 36.4 Å². The van der Waals surface area contributed by atoms with Crippen molar-refractivity contribution in [3.8, 4) is 11.8 Å². The summed E-state index contributed by atoms with van der Waals surface area (Å²) in [6, 6.07) is 23.3. The van der Waals surface area contributed by atoms with Crippen LogP contribution in [0.15, 0.2) is 78.9 Å². The number of rotatable bonds is 3. The Morgan fingerprint density at radius 1 is 0.741 bits per heavy atom. The van der Waals surface area contributed by atoms with Crippen LogP contribution in [0.2, 0.25) is 0 Å². The van der Waals surface area contributed by atoms with Crippen LogP contribution in [0.4, 0.5) is 5.69 Å². The quantitative estimate of drug-likeness (QED) is 0.568. The van der Waals surface area contributed by atoms with Crippen LogP contribution in [0.5, 0.6) is 0 Å². The SMILES string of the molecule is COC(=O)c1ccccc1C#Cc1ccccc1C(=O)Nc1ccccc1. The number of esters is 1. The summed E-state index contributed by atoms with van der Waals surface area (Å²) in [4.78, 5) is 24.5. The predicted octanol–water partition coefficient (Wildman–Crippen LogP) is 4.13. The Balaban J connectivity index is 1.92.